The molecule has 19 heavy (non-hydrogen) atoms. The Morgan fingerprint density at radius 3 is 2.89 bits per heavy atom. The highest BCUT2D eigenvalue weighted by molar-refractivity contribution is 6.00. The van der Waals surface area contributed by atoms with Crippen LogP contribution >= 0.6 is 0 Å². The van der Waals surface area contributed by atoms with Crippen LogP contribution in [0.15, 0.2) is 18.2 Å². The van der Waals surface area contributed by atoms with Gasteiger partial charge in [-0.1, -0.05) is 6.07 Å². The second-order valence-corrected chi connectivity index (χ2v) is 4.38. The molecule has 1 aromatic carbocycles. The predicted molar refractivity (Wildman–Crippen MR) is 67.7 cm³/mol. The van der Waals surface area contributed by atoms with Crippen LogP contribution in [0.2, 0.25) is 0 Å². The second-order valence-electron chi connectivity index (χ2n) is 4.38. The van der Waals surface area contributed by atoms with Gasteiger partial charge in [0, 0.05) is 24.6 Å². The molecule has 0 aliphatic carbocycles. The number of benzene rings is 1. The Kier molecular flexibility index (Phi) is 4.01. The van der Waals surface area contributed by atoms with E-state index in [2.05, 4.69) is 10.6 Å². The summed E-state index contributed by atoms with van der Waals surface area (Å²) in [5.41, 5.74) is 0.672. The van der Waals surface area contributed by atoms with E-state index in [0.717, 1.165) is 0 Å². The van der Waals surface area contributed by atoms with Crippen LogP contribution in [0.3, 0.4) is 0 Å². The van der Waals surface area contributed by atoms with Gasteiger partial charge in [0.2, 0.25) is 11.8 Å². The Hall–Kier alpha value is -2.08. The molecule has 3 N–H and O–H groups in total. The number of rotatable bonds is 4. The van der Waals surface area contributed by atoms with Gasteiger partial charge >= 0.3 is 0 Å². The van der Waals surface area contributed by atoms with Crippen molar-refractivity contribution in [1.29, 1.82) is 0 Å². The van der Waals surface area contributed by atoms with Crippen molar-refractivity contribution in [1.82, 2.24) is 10.6 Å². The molecule has 0 bridgehead atoms. The van der Waals surface area contributed by atoms with Gasteiger partial charge < -0.3 is 15.2 Å². The van der Waals surface area contributed by atoms with Crippen LogP contribution in [0, 0.1) is 0 Å². The van der Waals surface area contributed by atoms with E-state index in [1.165, 1.54) is 13.2 Å². The second kappa shape index (κ2) is 5.71. The maximum Gasteiger partial charge on any atom is 0.243 e. The van der Waals surface area contributed by atoms with Crippen LogP contribution < -0.4 is 15.4 Å². The molecule has 0 spiro atoms. The lowest BCUT2D eigenvalue weighted by molar-refractivity contribution is -0.134. The van der Waals surface area contributed by atoms with Gasteiger partial charge in [0.25, 0.3) is 0 Å². The predicted octanol–water partition coefficient (Wildman–Crippen LogP) is 0.296. The molecule has 0 radical (unpaired) electrons. The summed E-state index contributed by atoms with van der Waals surface area (Å²) in [4.78, 5) is 22.5. The normalized spacial score (nSPS) is 19.1. The van der Waals surface area contributed by atoms with Crippen molar-refractivity contribution in [2.45, 2.75) is 25.4 Å². The van der Waals surface area contributed by atoms with Crippen molar-refractivity contribution >= 4 is 11.8 Å². The molecule has 1 unspecified atom stereocenters. The highest BCUT2D eigenvalue weighted by Gasteiger charge is 2.25. The first-order chi connectivity index (χ1) is 9.10. The first-order valence-corrected chi connectivity index (χ1v) is 6.03. The lowest BCUT2D eigenvalue weighted by atomic mass is 10.1. The Morgan fingerprint density at radius 1 is 1.47 bits per heavy atom. The van der Waals surface area contributed by atoms with Crippen molar-refractivity contribution in [2.75, 3.05) is 7.11 Å². The number of phenols is 1. The molecular formula is C13H16N2O4. The van der Waals surface area contributed by atoms with E-state index in [1.807, 2.05) is 0 Å². The third-order valence-electron chi connectivity index (χ3n) is 3.07. The first-order valence-electron chi connectivity index (χ1n) is 6.03. The number of piperidine rings is 1. The number of carbonyl (C=O) groups is 2. The molecule has 1 heterocycles. The van der Waals surface area contributed by atoms with Gasteiger partial charge in [-0.15, -0.1) is 0 Å². The van der Waals surface area contributed by atoms with Gasteiger partial charge in [-0.3, -0.25) is 14.9 Å². The summed E-state index contributed by atoms with van der Waals surface area (Å²) in [5, 5.41) is 15.1. The van der Waals surface area contributed by atoms with Crippen molar-refractivity contribution in [3.8, 4) is 11.5 Å². The van der Waals surface area contributed by atoms with E-state index >= 15 is 0 Å². The number of methoxy groups -OCH3 is 1. The largest absolute Gasteiger partial charge is 0.507 e. The molecule has 6 nitrogen and oxygen atoms in total. The minimum Gasteiger partial charge on any atom is -0.507 e. The quantitative estimate of drug-likeness (QED) is 0.681. The Balaban J connectivity index is 1.95. The Morgan fingerprint density at radius 2 is 2.26 bits per heavy atom. The van der Waals surface area contributed by atoms with Gasteiger partial charge in [-0.05, 0) is 12.5 Å². The van der Waals surface area contributed by atoms with E-state index in [9.17, 15) is 14.7 Å². The molecule has 1 aliphatic rings. The number of imide groups is 1. The summed E-state index contributed by atoms with van der Waals surface area (Å²) in [7, 11) is 1.52. The summed E-state index contributed by atoms with van der Waals surface area (Å²) in [6, 6.07) is 4.58. The van der Waals surface area contributed by atoms with Gasteiger partial charge in [-0.25, -0.2) is 0 Å². The molecule has 2 amide bonds. The van der Waals surface area contributed by atoms with Crippen LogP contribution in [-0.4, -0.2) is 30.1 Å². The van der Waals surface area contributed by atoms with Crippen molar-refractivity contribution < 1.29 is 19.4 Å². The molecule has 0 aromatic heterocycles. The summed E-state index contributed by atoms with van der Waals surface area (Å²) >= 11 is 0. The van der Waals surface area contributed by atoms with Gasteiger partial charge in [0.05, 0.1) is 13.2 Å². The summed E-state index contributed by atoms with van der Waals surface area (Å²) in [6.45, 7) is 0.349. The molecule has 1 fully saturated rings. The third-order valence-corrected chi connectivity index (χ3v) is 3.07. The highest BCUT2D eigenvalue weighted by atomic mass is 16.5. The molecule has 2 rings (SSSR count). The molecule has 102 valence electrons. The number of hydrogen-bond acceptors (Lipinski definition) is 5. The number of phenolic OH excluding ortho intramolecular Hbond substituents is 1. The van der Waals surface area contributed by atoms with E-state index in [-0.39, 0.29) is 17.6 Å². The molecule has 1 aromatic rings. The monoisotopic (exact) mass is 264 g/mol. The Bertz CT molecular complexity index is 501. The van der Waals surface area contributed by atoms with Crippen LogP contribution in [0.4, 0.5) is 0 Å². The van der Waals surface area contributed by atoms with E-state index in [1.54, 1.807) is 12.1 Å². The molecule has 1 aliphatic heterocycles. The highest BCUT2D eigenvalue weighted by Crippen LogP contribution is 2.23. The number of ether oxygens (including phenoxy) is 1. The molecule has 6 heteroatoms. The van der Waals surface area contributed by atoms with E-state index in [4.69, 9.17) is 4.74 Å². The van der Waals surface area contributed by atoms with Crippen LogP contribution in [0.5, 0.6) is 11.5 Å². The minimum atomic E-state index is -0.404. The van der Waals surface area contributed by atoms with Crippen LogP contribution in [-0.2, 0) is 16.1 Å². The third kappa shape index (κ3) is 3.23. The topological polar surface area (TPSA) is 87.7 Å². The Labute approximate surface area is 110 Å². The standard InChI is InChI=1S/C13H16N2O4/c1-19-9-3-2-8(11(16)6-9)7-14-10-4-5-12(17)15-13(10)18/h2-3,6,10,14,16H,4-5,7H2,1H3,(H,15,17,18). The minimum absolute atomic E-state index is 0.110. The van der Waals surface area contributed by atoms with Gasteiger partial charge in [0.1, 0.15) is 11.5 Å². The summed E-state index contributed by atoms with van der Waals surface area (Å²) < 4.78 is 4.99. The molecular weight excluding hydrogens is 248 g/mol. The number of amides is 2. The maximum atomic E-state index is 11.5. The van der Waals surface area contributed by atoms with Crippen molar-refractivity contribution in [3.63, 3.8) is 0 Å². The fourth-order valence-electron chi connectivity index (χ4n) is 1.94. The summed E-state index contributed by atoms with van der Waals surface area (Å²) in [5.74, 6) is 0.126. The fraction of sp³-hybridized carbons (Fsp3) is 0.385. The first kappa shape index (κ1) is 13.4. The van der Waals surface area contributed by atoms with E-state index < -0.39 is 6.04 Å². The van der Waals surface area contributed by atoms with E-state index in [0.29, 0.717) is 30.7 Å². The average Bonchev–Trinajstić information content (AvgIpc) is 2.39. The molecule has 1 atom stereocenters. The zero-order valence-corrected chi connectivity index (χ0v) is 10.6. The zero-order valence-electron chi connectivity index (χ0n) is 10.6. The SMILES string of the molecule is COc1ccc(CNC2CCC(=O)NC2=O)c(O)c1. The lowest BCUT2D eigenvalue weighted by Crippen LogP contribution is -2.50. The maximum absolute atomic E-state index is 11.5. The number of carbonyl (C=O) groups excluding carboxylic acids is 2. The van der Waals surface area contributed by atoms with Gasteiger partial charge in [0.15, 0.2) is 0 Å². The van der Waals surface area contributed by atoms with Crippen LogP contribution in [0.25, 0.3) is 0 Å². The summed E-state index contributed by atoms with van der Waals surface area (Å²) in [6.07, 6.45) is 0.805. The number of aromatic hydroxyl groups is 1. The smallest absolute Gasteiger partial charge is 0.243 e. The van der Waals surface area contributed by atoms with Gasteiger partial charge in [-0.2, -0.15) is 0 Å². The number of hydrogen-bond donors (Lipinski definition) is 3. The van der Waals surface area contributed by atoms with Crippen molar-refractivity contribution in [3.05, 3.63) is 23.8 Å². The van der Waals surface area contributed by atoms with Crippen molar-refractivity contribution in [2.24, 2.45) is 0 Å². The van der Waals surface area contributed by atoms with Crippen LogP contribution in [0.1, 0.15) is 18.4 Å². The molecule has 1 saturated heterocycles. The lowest BCUT2D eigenvalue weighted by Gasteiger charge is -2.22. The fourth-order valence-corrected chi connectivity index (χ4v) is 1.94. The molecule has 0 saturated carbocycles. The average molecular weight is 264 g/mol. The zero-order chi connectivity index (χ0) is 13.8. The number of nitrogens with one attached hydrogen (secondary N) is 2.